The molecule has 2 heterocycles. The summed E-state index contributed by atoms with van der Waals surface area (Å²) in [4.78, 5) is 20.5. The van der Waals surface area contributed by atoms with Crippen molar-refractivity contribution < 1.29 is 13.7 Å². The first-order valence-electron chi connectivity index (χ1n) is 11.0. The van der Waals surface area contributed by atoms with Gasteiger partial charge in [0.1, 0.15) is 5.82 Å². The van der Waals surface area contributed by atoms with Gasteiger partial charge >= 0.3 is 6.03 Å². The van der Waals surface area contributed by atoms with E-state index < -0.39 is 6.04 Å². The third-order valence-electron chi connectivity index (χ3n) is 5.79. The summed E-state index contributed by atoms with van der Waals surface area (Å²) in [7, 11) is 0. The Kier molecular flexibility index (Phi) is 7.13. The summed E-state index contributed by atoms with van der Waals surface area (Å²) in [5.74, 6) is 0.384. The molecule has 2 aromatic carbocycles. The van der Waals surface area contributed by atoms with E-state index in [9.17, 15) is 9.18 Å². The highest BCUT2D eigenvalue weighted by molar-refractivity contribution is 7.98. The molecule has 4 rings (SSSR count). The van der Waals surface area contributed by atoms with Gasteiger partial charge in [-0.3, -0.25) is 4.90 Å². The topological polar surface area (TPSA) is 71.3 Å². The highest BCUT2D eigenvalue weighted by Crippen LogP contribution is 2.38. The molecule has 0 bridgehead atoms. The molecule has 1 unspecified atom stereocenters. The van der Waals surface area contributed by atoms with E-state index in [2.05, 4.69) is 22.4 Å². The lowest BCUT2D eigenvalue weighted by Gasteiger charge is -2.35. The summed E-state index contributed by atoms with van der Waals surface area (Å²) in [6.07, 6.45) is 5.05. The first-order valence-corrected chi connectivity index (χ1v) is 12.3. The number of benzene rings is 2. The van der Waals surface area contributed by atoms with Crippen molar-refractivity contribution >= 4 is 23.4 Å². The molecule has 0 spiro atoms. The Hall–Kier alpha value is -3.13. The second-order valence-electron chi connectivity index (χ2n) is 7.94. The van der Waals surface area contributed by atoms with Crippen LogP contribution in [-0.4, -0.2) is 33.9 Å². The Balaban J connectivity index is 1.75. The van der Waals surface area contributed by atoms with E-state index >= 15 is 0 Å². The Morgan fingerprint density at radius 1 is 1.12 bits per heavy atom. The monoisotopic (exact) mass is 466 g/mol. The lowest BCUT2D eigenvalue weighted by Crippen LogP contribution is -2.46. The lowest BCUT2D eigenvalue weighted by molar-refractivity contribution is 0.204. The van der Waals surface area contributed by atoms with E-state index in [0.29, 0.717) is 23.8 Å². The number of unbranched alkanes of at least 4 members (excludes halogenated alkanes) is 2. The number of allylic oxidation sites excluding steroid dienone is 1. The van der Waals surface area contributed by atoms with Crippen molar-refractivity contribution in [2.75, 3.05) is 12.8 Å². The zero-order valence-corrected chi connectivity index (χ0v) is 19.8. The van der Waals surface area contributed by atoms with Gasteiger partial charge in [-0.05, 0) is 61.6 Å². The Morgan fingerprint density at radius 3 is 2.52 bits per heavy atom. The molecule has 1 N–H and O–H groups in total. The van der Waals surface area contributed by atoms with Crippen LogP contribution in [0.15, 0.2) is 63.6 Å². The van der Waals surface area contributed by atoms with Crippen LogP contribution in [0.5, 0.6) is 0 Å². The van der Waals surface area contributed by atoms with Crippen molar-refractivity contribution in [1.29, 1.82) is 0 Å². The first-order chi connectivity index (χ1) is 16.0. The zero-order valence-electron chi connectivity index (χ0n) is 19.0. The molecule has 33 heavy (non-hydrogen) atoms. The van der Waals surface area contributed by atoms with Gasteiger partial charge in [-0.25, -0.2) is 9.18 Å². The number of nitrogens with zero attached hydrogens (tertiary/aromatic N) is 3. The minimum Gasteiger partial charge on any atom is -0.334 e. The molecule has 0 saturated heterocycles. The lowest BCUT2D eigenvalue weighted by atomic mass is 9.94. The number of thioether (sulfide) groups is 1. The fourth-order valence-corrected chi connectivity index (χ4v) is 4.35. The van der Waals surface area contributed by atoms with Crippen molar-refractivity contribution in [1.82, 2.24) is 20.4 Å². The molecule has 0 aliphatic carbocycles. The fourth-order valence-electron chi connectivity index (χ4n) is 3.94. The summed E-state index contributed by atoms with van der Waals surface area (Å²) in [6.45, 7) is 4.67. The van der Waals surface area contributed by atoms with Gasteiger partial charge in [-0.1, -0.05) is 37.1 Å². The van der Waals surface area contributed by atoms with Crippen LogP contribution in [0.3, 0.4) is 0 Å². The number of hydrogen-bond donors (Lipinski definition) is 1. The van der Waals surface area contributed by atoms with Crippen LogP contribution in [0.1, 0.15) is 50.6 Å². The number of rotatable bonds is 8. The predicted octanol–water partition coefficient (Wildman–Crippen LogP) is 6.29. The number of carbonyl (C=O) groups is 1. The van der Waals surface area contributed by atoms with Gasteiger partial charge in [0.05, 0.1) is 11.6 Å². The van der Waals surface area contributed by atoms with Gasteiger partial charge in [0.25, 0.3) is 5.89 Å². The van der Waals surface area contributed by atoms with E-state index in [1.165, 1.54) is 12.1 Å². The standard InChI is InChI=1S/C25H27FN4O2S/c1-4-5-6-15-30-16(2)21(22(27-25(30)31)17-9-13-20(33-3)14-10-17)24-28-23(29-32-24)18-7-11-19(26)12-8-18/h7-14,22H,4-6,15H2,1-3H3,(H,27,31). The minimum absolute atomic E-state index is 0.135. The van der Waals surface area contributed by atoms with Crippen LogP contribution in [0, 0.1) is 5.82 Å². The molecule has 0 saturated carbocycles. The van der Waals surface area contributed by atoms with Crippen molar-refractivity contribution in [3.63, 3.8) is 0 Å². The highest BCUT2D eigenvalue weighted by atomic mass is 32.2. The minimum atomic E-state index is -0.419. The Labute approximate surface area is 197 Å². The van der Waals surface area contributed by atoms with Crippen LogP contribution in [0.2, 0.25) is 0 Å². The van der Waals surface area contributed by atoms with Crippen molar-refractivity contribution in [3.8, 4) is 11.4 Å². The SMILES string of the molecule is CCCCCN1C(=O)NC(c2ccc(SC)cc2)C(c2nc(-c3ccc(F)cc3)no2)=C1C. The number of aromatic nitrogens is 2. The molecular weight excluding hydrogens is 439 g/mol. The summed E-state index contributed by atoms with van der Waals surface area (Å²) < 4.78 is 19.0. The summed E-state index contributed by atoms with van der Waals surface area (Å²) in [5.41, 5.74) is 3.15. The van der Waals surface area contributed by atoms with Crippen LogP contribution in [0.4, 0.5) is 9.18 Å². The van der Waals surface area contributed by atoms with E-state index in [1.807, 2.05) is 37.4 Å². The first kappa shape index (κ1) is 23.0. The van der Waals surface area contributed by atoms with Gasteiger partial charge in [0.2, 0.25) is 5.82 Å². The molecular formula is C25H27FN4O2S. The van der Waals surface area contributed by atoms with Crippen molar-refractivity contribution in [2.45, 2.75) is 44.0 Å². The maximum absolute atomic E-state index is 13.3. The molecule has 1 atom stereocenters. The number of carbonyl (C=O) groups excluding carboxylic acids is 1. The maximum atomic E-state index is 13.3. The number of nitrogens with one attached hydrogen (secondary N) is 1. The van der Waals surface area contributed by atoms with Gasteiger partial charge in [0.15, 0.2) is 0 Å². The molecule has 1 aromatic heterocycles. The van der Waals surface area contributed by atoms with E-state index in [0.717, 1.165) is 41.0 Å². The molecule has 8 heteroatoms. The maximum Gasteiger partial charge on any atom is 0.322 e. The molecule has 0 fully saturated rings. The van der Waals surface area contributed by atoms with Gasteiger partial charge in [0, 0.05) is 22.7 Å². The van der Waals surface area contributed by atoms with Gasteiger partial charge in [-0.15, -0.1) is 11.8 Å². The van der Waals surface area contributed by atoms with E-state index in [-0.39, 0.29) is 11.8 Å². The Morgan fingerprint density at radius 2 is 1.85 bits per heavy atom. The van der Waals surface area contributed by atoms with Crippen LogP contribution < -0.4 is 5.32 Å². The molecule has 3 aromatic rings. The summed E-state index contributed by atoms with van der Waals surface area (Å²) >= 11 is 1.66. The second-order valence-corrected chi connectivity index (χ2v) is 8.82. The fraction of sp³-hybridized carbons (Fsp3) is 0.320. The quantitative estimate of drug-likeness (QED) is 0.312. The van der Waals surface area contributed by atoms with E-state index in [4.69, 9.17) is 4.52 Å². The third kappa shape index (κ3) is 4.95. The number of hydrogen-bond acceptors (Lipinski definition) is 5. The van der Waals surface area contributed by atoms with Crippen LogP contribution in [0.25, 0.3) is 17.0 Å². The number of urea groups is 1. The van der Waals surface area contributed by atoms with E-state index in [1.54, 1.807) is 28.8 Å². The average Bonchev–Trinajstić information content (AvgIpc) is 3.31. The molecule has 0 radical (unpaired) electrons. The normalized spacial score (nSPS) is 16.3. The highest BCUT2D eigenvalue weighted by Gasteiger charge is 2.35. The second kappa shape index (κ2) is 10.2. The third-order valence-corrected chi connectivity index (χ3v) is 6.53. The molecule has 6 nitrogen and oxygen atoms in total. The summed E-state index contributed by atoms with van der Waals surface area (Å²) in [6, 6.07) is 13.5. The molecule has 2 amide bonds. The smallest absolute Gasteiger partial charge is 0.322 e. The largest absolute Gasteiger partial charge is 0.334 e. The van der Waals surface area contributed by atoms with Crippen molar-refractivity contribution in [2.24, 2.45) is 0 Å². The van der Waals surface area contributed by atoms with Crippen molar-refractivity contribution in [3.05, 3.63) is 71.5 Å². The molecule has 172 valence electrons. The molecule has 1 aliphatic heterocycles. The van der Waals surface area contributed by atoms with Gasteiger partial charge in [-0.2, -0.15) is 4.98 Å². The zero-order chi connectivity index (χ0) is 23.4. The summed E-state index contributed by atoms with van der Waals surface area (Å²) in [5, 5.41) is 7.25. The Bertz CT molecular complexity index is 1140. The molecule has 1 aliphatic rings. The predicted molar refractivity (Wildman–Crippen MR) is 128 cm³/mol. The van der Waals surface area contributed by atoms with Crippen LogP contribution in [-0.2, 0) is 0 Å². The van der Waals surface area contributed by atoms with Gasteiger partial charge < -0.3 is 9.84 Å². The number of halogens is 1. The van der Waals surface area contributed by atoms with Crippen LogP contribution >= 0.6 is 11.8 Å². The average molecular weight is 467 g/mol. The number of amides is 2.